The first kappa shape index (κ1) is 14.8. The van der Waals surface area contributed by atoms with Crippen LogP contribution in [0, 0.1) is 6.92 Å². The molecule has 116 valence electrons. The highest BCUT2D eigenvalue weighted by molar-refractivity contribution is 6.01. The van der Waals surface area contributed by atoms with Crippen molar-refractivity contribution in [3.8, 4) is 17.2 Å². The third-order valence-corrected chi connectivity index (χ3v) is 3.21. The van der Waals surface area contributed by atoms with Crippen molar-refractivity contribution in [3.05, 3.63) is 60.0 Å². The molecule has 0 aliphatic heterocycles. The van der Waals surface area contributed by atoms with Gasteiger partial charge in [0.15, 0.2) is 0 Å². The van der Waals surface area contributed by atoms with Gasteiger partial charge in [0.2, 0.25) is 5.89 Å². The lowest BCUT2D eigenvalue weighted by Gasteiger charge is -2.02. The second kappa shape index (κ2) is 6.31. The Balaban J connectivity index is 1.79. The molecule has 0 saturated heterocycles. The summed E-state index contributed by atoms with van der Waals surface area (Å²) in [7, 11) is 1.58. The summed E-state index contributed by atoms with van der Waals surface area (Å²) in [4.78, 5) is 12.2. The maximum atomic E-state index is 12.2. The van der Waals surface area contributed by atoms with E-state index in [-0.39, 0.29) is 11.8 Å². The van der Waals surface area contributed by atoms with Crippen molar-refractivity contribution >= 4 is 11.6 Å². The maximum absolute atomic E-state index is 12.2. The fourth-order valence-electron chi connectivity index (χ4n) is 2.10. The van der Waals surface area contributed by atoms with Crippen molar-refractivity contribution < 1.29 is 13.9 Å². The molecular formula is C17H15N3O3. The molecule has 3 rings (SSSR count). The predicted molar refractivity (Wildman–Crippen MR) is 85.4 cm³/mol. The summed E-state index contributed by atoms with van der Waals surface area (Å²) >= 11 is 0. The second-order valence-electron chi connectivity index (χ2n) is 4.97. The summed E-state index contributed by atoms with van der Waals surface area (Å²) in [5.41, 5.74) is 2.41. The molecule has 1 amide bonds. The number of carbonyl (C=O) groups excluding carboxylic acids is 1. The number of methoxy groups -OCH3 is 1. The number of ether oxygens (including phenoxy) is 1. The van der Waals surface area contributed by atoms with E-state index in [2.05, 4.69) is 15.5 Å². The Morgan fingerprint density at radius 1 is 1.13 bits per heavy atom. The van der Waals surface area contributed by atoms with E-state index < -0.39 is 5.91 Å². The highest BCUT2D eigenvalue weighted by atomic mass is 16.5. The number of carbonyl (C=O) groups is 1. The lowest BCUT2D eigenvalue weighted by atomic mass is 10.2. The smallest absolute Gasteiger partial charge is 0.313 e. The van der Waals surface area contributed by atoms with Crippen LogP contribution in [-0.2, 0) is 0 Å². The van der Waals surface area contributed by atoms with E-state index in [0.717, 1.165) is 5.56 Å². The van der Waals surface area contributed by atoms with Gasteiger partial charge in [-0.05, 0) is 42.8 Å². The number of hydrogen-bond donors (Lipinski definition) is 1. The first-order chi connectivity index (χ1) is 11.2. The number of aromatic nitrogens is 2. The molecule has 2 aromatic carbocycles. The topological polar surface area (TPSA) is 77.2 Å². The van der Waals surface area contributed by atoms with Crippen molar-refractivity contribution in [2.24, 2.45) is 0 Å². The van der Waals surface area contributed by atoms with Crippen molar-refractivity contribution in [1.29, 1.82) is 0 Å². The van der Waals surface area contributed by atoms with Gasteiger partial charge < -0.3 is 14.5 Å². The molecule has 0 aliphatic rings. The van der Waals surface area contributed by atoms with E-state index in [1.54, 1.807) is 25.3 Å². The highest BCUT2D eigenvalue weighted by Crippen LogP contribution is 2.22. The van der Waals surface area contributed by atoms with Gasteiger partial charge in [-0.25, -0.2) is 0 Å². The molecule has 0 unspecified atom stereocenters. The third kappa shape index (κ3) is 3.37. The fourth-order valence-corrected chi connectivity index (χ4v) is 2.10. The quantitative estimate of drug-likeness (QED) is 0.800. The van der Waals surface area contributed by atoms with Gasteiger partial charge in [-0.3, -0.25) is 4.79 Å². The standard InChI is InChI=1S/C17H15N3O3/c1-11-5-3-7-13(9-11)18-15(21)17-20-19-16(23-17)12-6-4-8-14(10-12)22-2/h3-10H,1-2H3,(H,18,21). The molecule has 23 heavy (non-hydrogen) atoms. The summed E-state index contributed by atoms with van der Waals surface area (Å²) in [6, 6.07) is 14.6. The molecule has 0 saturated carbocycles. The van der Waals surface area contributed by atoms with Gasteiger partial charge in [-0.2, -0.15) is 0 Å². The highest BCUT2D eigenvalue weighted by Gasteiger charge is 2.16. The van der Waals surface area contributed by atoms with Crippen LogP contribution in [0.25, 0.3) is 11.5 Å². The molecule has 3 aromatic rings. The Kier molecular flexibility index (Phi) is 4.05. The Hall–Kier alpha value is -3.15. The summed E-state index contributed by atoms with van der Waals surface area (Å²) < 4.78 is 10.6. The van der Waals surface area contributed by atoms with Crippen LogP contribution < -0.4 is 10.1 Å². The van der Waals surface area contributed by atoms with E-state index in [1.165, 1.54) is 0 Å². The number of hydrogen-bond acceptors (Lipinski definition) is 5. The summed E-state index contributed by atoms with van der Waals surface area (Å²) in [5, 5.41) is 10.4. The number of nitrogens with zero attached hydrogens (tertiary/aromatic N) is 2. The normalized spacial score (nSPS) is 10.3. The minimum absolute atomic E-state index is 0.0932. The molecule has 0 atom stereocenters. The number of rotatable bonds is 4. The largest absolute Gasteiger partial charge is 0.497 e. The molecule has 0 aliphatic carbocycles. The SMILES string of the molecule is COc1cccc(-c2nnc(C(=O)Nc3cccc(C)c3)o2)c1. The molecule has 0 bridgehead atoms. The van der Waals surface area contributed by atoms with E-state index in [9.17, 15) is 4.79 Å². The summed E-state index contributed by atoms with van der Waals surface area (Å²) in [5.74, 6) is 0.395. The Morgan fingerprint density at radius 3 is 2.74 bits per heavy atom. The van der Waals surface area contributed by atoms with Crippen LogP contribution in [0.15, 0.2) is 52.9 Å². The summed E-state index contributed by atoms with van der Waals surface area (Å²) in [6.45, 7) is 1.95. The van der Waals surface area contributed by atoms with Crippen LogP contribution in [0.1, 0.15) is 16.2 Å². The van der Waals surface area contributed by atoms with Crippen LogP contribution in [0.5, 0.6) is 5.75 Å². The minimum Gasteiger partial charge on any atom is -0.497 e. The van der Waals surface area contributed by atoms with Gasteiger partial charge in [-0.1, -0.05) is 18.2 Å². The van der Waals surface area contributed by atoms with Crippen molar-refractivity contribution in [1.82, 2.24) is 10.2 Å². The lowest BCUT2D eigenvalue weighted by molar-refractivity contribution is 0.0991. The van der Waals surface area contributed by atoms with E-state index in [4.69, 9.17) is 9.15 Å². The zero-order valence-corrected chi connectivity index (χ0v) is 12.7. The zero-order chi connectivity index (χ0) is 16.2. The molecule has 1 N–H and O–H groups in total. The first-order valence-corrected chi connectivity index (χ1v) is 7.01. The third-order valence-electron chi connectivity index (χ3n) is 3.21. The van der Waals surface area contributed by atoms with Crippen LogP contribution in [0.3, 0.4) is 0 Å². The lowest BCUT2D eigenvalue weighted by Crippen LogP contribution is -2.12. The monoisotopic (exact) mass is 309 g/mol. The average Bonchev–Trinajstić information content (AvgIpc) is 3.05. The van der Waals surface area contributed by atoms with Gasteiger partial charge >= 0.3 is 11.8 Å². The Bertz CT molecular complexity index is 842. The van der Waals surface area contributed by atoms with Gasteiger partial charge in [-0.15, -0.1) is 10.2 Å². The van der Waals surface area contributed by atoms with Gasteiger partial charge in [0.05, 0.1) is 7.11 Å². The van der Waals surface area contributed by atoms with Crippen molar-refractivity contribution in [3.63, 3.8) is 0 Å². The second-order valence-corrected chi connectivity index (χ2v) is 4.97. The van der Waals surface area contributed by atoms with Gasteiger partial charge in [0.25, 0.3) is 0 Å². The fraction of sp³-hybridized carbons (Fsp3) is 0.118. The number of amides is 1. The Labute approximate surface area is 133 Å². The molecule has 0 fully saturated rings. The van der Waals surface area contributed by atoms with Gasteiger partial charge in [0, 0.05) is 11.3 Å². The maximum Gasteiger partial charge on any atom is 0.313 e. The van der Waals surface area contributed by atoms with Crippen LogP contribution in [-0.4, -0.2) is 23.2 Å². The molecule has 1 heterocycles. The van der Waals surface area contributed by atoms with E-state index in [0.29, 0.717) is 17.0 Å². The first-order valence-electron chi connectivity index (χ1n) is 7.01. The van der Waals surface area contributed by atoms with Crippen molar-refractivity contribution in [2.45, 2.75) is 6.92 Å². The summed E-state index contributed by atoms with van der Waals surface area (Å²) in [6.07, 6.45) is 0. The predicted octanol–water partition coefficient (Wildman–Crippen LogP) is 3.31. The Morgan fingerprint density at radius 2 is 1.96 bits per heavy atom. The van der Waals surface area contributed by atoms with E-state index in [1.807, 2.05) is 37.3 Å². The van der Waals surface area contributed by atoms with Crippen molar-refractivity contribution in [2.75, 3.05) is 12.4 Å². The minimum atomic E-state index is -0.447. The molecule has 1 aromatic heterocycles. The molecule has 6 nitrogen and oxygen atoms in total. The number of anilines is 1. The average molecular weight is 309 g/mol. The number of nitrogens with one attached hydrogen (secondary N) is 1. The van der Waals surface area contributed by atoms with E-state index >= 15 is 0 Å². The van der Waals surface area contributed by atoms with Crippen LogP contribution in [0.4, 0.5) is 5.69 Å². The zero-order valence-electron chi connectivity index (χ0n) is 12.7. The van der Waals surface area contributed by atoms with Crippen LogP contribution >= 0.6 is 0 Å². The van der Waals surface area contributed by atoms with Gasteiger partial charge in [0.1, 0.15) is 5.75 Å². The molecule has 0 spiro atoms. The molecule has 6 heteroatoms. The number of aryl methyl sites for hydroxylation is 1. The number of benzene rings is 2. The van der Waals surface area contributed by atoms with Crippen LogP contribution in [0.2, 0.25) is 0 Å². The molecule has 0 radical (unpaired) electrons. The molecular weight excluding hydrogens is 294 g/mol.